The van der Waals surface area contributed by atoms with Gasteiger partial charge in [0.15, 0.2) is 0 Å². The van der Waals surface area contributed by atoms with Gasteiger partial charge in [0.25, 0.3) is 5.91 Å². The molecule has 0 unspecified atom stereocenters. The number of pyridine rings is 1. The van der Waals surface area contributed by atoms with Crippen LogP contribution in [0.2, 0.25) is 0 Å². The zero-order chi connectivity index (χ0) is 18.7. The van der Waals surface area contributed by atoms with E-state index in [1.807, 2.05) is 18.2 Å². The van der Waals surface area contributed by atoms with Gasteiger partial charge < -0.3 is 14.7 Å². The fraction of sp³-hybridized carbons (Fsp3) is 0.350. The number of carbonyl (C=O) groups is 1. The SMILES string of the molecule is COc1ccc([C@@](C)(O)[C@H]2CCCN2C(=O)c2ccnc(C#N)c2)cc1. The van der Waals surface area contributed by atoms with E-state index in [9.17, 15) is 9.90 Å². The number of aliphatic hydroxyl groups is 1. The lowest BCUT2D eigenvalue weighted by molar-refractivity contribution is -0.0177. The number of methoxy groups -OCH3 is 1. The normalized spacial score (nSPS) is 18.8. The zero-order valence-electron chi connectivity index (χ0n) is 14.8. The average molecular weight is 351 g/mol. The topological polar surface area (TPSA) is 86.5 Å². The first-order chi connectivity index (χ1) is 12.5. The number of aromatic nitrogens is 1. The number of benzene rings is 1. The van der Waals surface area contributed by atoms with Gasteiger partial charge in [0.05, 0.1) is 13.2 Å². The van der Waals surface area contributed by atoms with Crippen LogP contribution < -0.4 is 4.74 Å². The molecule has 1 aromatic heterocycles. The van der Waals surface area contributed by atoms with E-state index in [0.717, 1.165) is 12.0 Å². The first kappa shape index (κ1) is 17.9. The van der Waals surface area contributed by atoms with Crippen LogP contribution >= 0.6 is 0 Å². The molecule has 26 heavy (non-hydrogen) atoms. The smallest absolute Gasteiger partial charge is 0.254 e. The molecule has 0 radical (unpaired) electrons. The monoisotopic (exact) mass is 351 g/mol. The number of likely N-dealkylation sites (tertiary alicyclic amines) is 1. The zero-order valence-corrected chi connectivity index (χ0v) is 14.8. The minimum atomic E-state index is -1.19. The Morgan fingerprint density at radius 2 is 2.12 bits per heavy atom. The number of hydrogen-bond acceptors (Lipinski definition) is 5. The Balaban J connectivity index is 1.88. The minimum absolute atomic E-state index is 0.194. The van der Waals surface area contributed by atoms with Crippen LogP contribution in [0.15, 0.2) is 42.6 Å². The number of amides is 1. The van der Waals surface area contributed by atoms with Crippen molar-refractivity contribution in [1.29, 1.82) is 5.26 Å². The van der Waals surface area contributed by atoms with Crippen LogP contribution in [-0.4, -0.2) is 40.6 Å². The first-order valence-corrected chi connectivity index (χ1v) is 8.51. The maximum Gasteiger partial charge on any atom is 0.254 e. The molecule has 3 rings (SSSR count). The van der Waals surface area contributed by atoms with E-state index in [0.29, 0.717) is 24.3 Å². The van der Waals surface area contributed by atoms with Gasteiger partial charge in [-0.05, 0) is 49.6 Å². The fourth-order valence-electron chi connectivity index (χ4n) is 3.51. The lowest BCUT2D eigenvalue weighted by atomic mass is 9.86. The molecule has 0 bridgehead atoms. The standard InChI is InChI=1S/C20H21N3O3/c1-20(25,15-5-7-17(26-2)8-6-15)18-4-3-11-23(18)19(24)14-9-10-22-16(12-14)13-21/h5-10,12,18,25H,3-4,11H2,1-2H3/t18-,20-/m1/s1. The summed E-state index contributed by atoms with van der Waals surface area (Å²) in [5, 5.41) is 20.2. The Morgan fingerprint density at radius 1 is 1.38 bits per heavy atom. The Labute approximate surface area is 152 Å². The van der Waals surface area contributed by atoms with Crippen molar-refractivity contribution in [3.63, 3.8) is 0 Å². The van der Waals surface area contributed by atoms with E-state index < -0.39 is 5.60 Å². The summed E-state index contributed by atoms with van der Waals surface area (Å²) in [7, 11) is 1.59. The van der Waals surface area contributed by atoms with Crippen LogP contribution in [0.5, 0.6) is 5.75 Å². The van der Waals surface area contributed by atoms with E-state index in [4.69, 9.17) is 10.00 Å². The van der Waals surface area contributed by atoms with E-state index in [1.165, 1.54) is 12.3 Å². The van der Waals surface area contributed by atoms with Gasteiger partial charge in [-0.1, -0.05) is 12.1 Å². The Kier molecular flexibility index (Phi) is 4.92. The Bertz CT molecular complexity index is 840. The molecule has 1 amide bonds. The van der Waals surface area contributed by atoms with Crippen LogP contribution in [-0.2, 0) is 5.60 Å². The van der Waals surface area contributed by atoms with Gasteiger partial charge in [0, 0.05) is 18.3 Å². The number of carbonyl (C=O) groups excluding carboxylic acids is 1. The lowest BCUT2D eigenvalue weighted by Crippen LogP contribution is -2.48. The second kappa shape index (κ2) is 7.14. The van der Waals surface area contributed by atoms with E-state index in [1.54, 1.807) is 37.1 Å². The third kappa shape index (κ3) is 3.26. The molecule has 2 aromatic rings. The highest BCUT2D eigenvalue weighted by atomic mass is 16.5. The molecular weight excluding hydrogens is 330 g/mol. The fourth-order valence-corrected chi connectivity index (χ4v) is 3.51. The van der Waals surface area contributed by atoms with Crippen LogP contribution in [0.3, 0.4) is 0 Å². The third-order valence-corrected chi connectivity index (χ3v) is 4.96. The second-order valence-corrected chi connectivity index (χ2v) is 6.57. The predicted molar refractivity (Wildman–Crippen MR) is 95.6 cm³/mol. The summed E-state index contributed by atoms with van der Waals surface area (Å²) in [4.78, 5) is 18.6. The number of nitriles is 1. The minimum Gasteiger partial charge on any atom is -0.497 e. The molecule has 1 aliphatic rings. The number of ether oxygens (including phenoxy) is 1. The third-order valence-electron chi connectivity index (χ3n) is 4.96. The number of nitrogens with zero attached hydrogens (tertiary/aromatic N) is 3. The second-order valence-electron chi connectivity index (χ2n) is 6.57. The number of hydrogen-bond donors (Lipinski definition) is 1. The van der Waals surface area contributed by atoms with Crippen molar-refractivity contribution in [2.45, 2.75) is 31.4 Å². The maximum atomic E-state index is 13.0. The molecule has 1 fully saturated rings. The van der Waals surface area contributed by atoms with Gasteiger partial charge >= 0.3 is 0 Å². The summed E-state index contributed by atoms with van der Waals surface area (Å²) in [5.41, 5.74) is 0.154. The molecule has 2 atom stereocenters. The summed E-state index contributed by atoms with van der Waals surface area (Å²) in [6.07, 6.45) is 2.98. The summed E-state index contributed by atoms with van der Waals surface area (Å²) in [6, 6.07) is 11.9. The molecular formula is C20H21N3O3. The van der Waals surface area contributed by atoms with Crippen molar-refractivity contribution in [3.8, 4) is 11.8 Å². The Morgan fingerprint density at radius 3 is 2.77 bits per heavy atom. The molecule has 0 saturated carbocycles. The highest BCUT2D eigenvalue weighted by Crippen LogP contribution is 2.36. The highest BCUT2D eigenvalue weighted by molar-refractivity contribution is 5.94. The van der Waals surface area contributed by atoms with Gasteiger partial charge in [-0.25, -0.2) is 4.98 Å². The van der Waals surface area contributed by atoms with E-state index >= 15 is 0 Å². The molecule has 1 N–H and O–H groups in total. The molecule has 0 aliphatic carbocycles. The van der Waals surface area contributed by atoms with Gasteiger partial charge in [0.1, 0.15) is 23.1 Å². The molecule has 1 aliphatic heterocycles. The maximum absolute atomic E-state index is 13.0. The van der Waals surface area contributed by atoms with Crippen molar-refractivity contribution in [3.05, 3.63) is 59.4 Å². The lowest BCUT2D eigenvalue weighted by Gasteiger charge is -2.37. The highest BCUT2D eigenvalue weighted by Gasteiger charge is 2.42. The summed E-state index contributed by atoms with van der Waals surface area (Å²) in [5.74, 6) is 0.518. The molecule has 6 heteroatoms. The van der Waals surface area contributed by atoms with Gasteiger partial charge in [-0.15, -0.1) is 0 Å². The van der Waals surface area contributed by atoms with Gasteiger partial charge in [-0.2, -0.15) is 5.26 Å². The largest absolute Gasteiger partial charge is 0.497 e. The van der Waals surface area contributed by atoms with Gasteiger partial charge in [-0.3, -0.25) is 4.79 Å². The molecule has 1 saturated heterocycles. The summed E-state index contributed by atoms with van der Waals surface area (Å²) in [6.45, 7) is 2.30. The van der Waals surface area contributed by atoms with Crippen molar-refractivity contribution in [1.82, 2.24) is 9.88 Å². The Hall–Kier alpha value is -2.91. The average Bonchev–Trinajstić information content (AvgIpc) is 3.18. The summed E-state index contributed by atoms with van der Waals surface area (Å²) >= 11 is 0. The van der Waals surface area contributed by atoms with Crippen LogP contribution in [0.4, 0.5) is 0 Å². The quantitative estimate of drug-likeness (QED) is 0.914. The molecule has 2 heterocycles. The first-order valence-electron chi connectivity index (χ1n) is 8.51. The van der Waals surface area contributed by atoms with Crippen LogP contribution in [0.1, 0.15) is 41.4 Å². The van der Waals surface area contributed by atoms with Crippen molar-refractivity contribution >= 4 is 5.91 Å². The summed E-state index contributed by atoms with van der Waals surface area (Å²) < 4.78 is 5.17. The van der Waals surface area contributed by atoms with Crippen LogP contribution in [0.25, 0.3) is 0 Å². The molecule has 134 valence electrons. The van der Waals surface area contributed by atoms with E-state index in [-0.39, 0.29) is 17.6 Å². The van der Waals surface area contributed by atoms with Crippen molar-refractivity contribution in [2.75, 3.05) is 13.7 Å². The van der Waals surface area contributed by atoms with Crippen LogP contribution in [0, 0.1) is 11.3 Å². The number of rotatable bonds is 4. The molecule has 6 nitrogen and oxygen atoms in total. The molecule has 1 aromatic carbocycles. The van der Waals surface area contributed by atoms with Crippen molar-refractivity contribution in [2.24, 2.45) is 0 Å². The van der Waals surface area contributed by atoms with E-state index in [2.05, 4.69) is 4.98 Å². The predicted octanol–water partition coefficient (Wildman–Crippen LogP) is 2.47. The van der Waals surface area contributed by atoms with Gasteiger partial charge in [0.2, 0.25) is 0 Å². The molecule has 0 spiro atoms. The van der Waals surface area contributed by atoms with Crippen molar-refractivity contribution < 1.29 is 14.6 Å².